The third-order valence-corrected chi connectivity index (χ3v) is 12.6. The van der Waals surface area contributed by atoms with Gasteiger partial charge in [-0.3, -0.25) is 0 Å². The Bertz CT molecular complexity index is 3530. The number of para-hydroxylation sites is 2. The lowest BCUT2D eigenvalue weighted by atomic mass is 9.35. The smallest absolute Gasteiger partial charge is 0.242 e. The second-order valence-corrected chi connectivity index (χ2v) is 16.6. The molecule has 1 aliphatic rings. The lowest BCUT2D eigenvalue weighted by molar-refractivity contribution is 0.487. The fraction of sp³-hybridized carbons (Fsp3) is 0.0345. The quantitative estimate of drug-likeness (QED) is 0.150. The number of fused-ring (bicyclic) bond motifs is 6. The molecule has 0 radical (unpaired) electrons. The Balaban J connectivity index is 1.03. The molecule has 0 bridgehead atoms. The highest BCUT2D eigenvalue weighted by Crippen LogP contribution is 2.50. The molecule has 62 heavy (non-hydrogen) atoms. The third kappa shape index (κ3) is 5.90. The van der Waals surface area contributed by atoms with Crippen molar-refractivity contribution in [3.63, 3.8) is 0 Å². The third-order valence-electron chi connectivity index (χ3n) is 12.6. The molecule has 0 atom stereocenters. The summed E-state index contributed by atoms with van der Waals surface area (Å²) < 4.78 is 13.5. The molecule has 0 unspecified atom stereocenters. The molecular weight excluding hydrogens is 753 g/mol. The first-order valence-corrected chi connectivity index (χ1v) is 21.4. The van der Waals surface area contributed by atoms with Crippen LogP contribution in [0.5, 0.6) is 11.5 Å². The van der Waals surface area contributed by atoms with Crippen molar-refractivity contribution >= 4 is 83.6 Å². The van der Waals surface area contributed by atoms with Crippen molar-refractivity contribution in [3.05, 3.63) is 217 Å². The molecule has 0 saturated carbocycles. The van der Waals surface area contributed by atoms with E-state index >= 15 is 0 Å². The molecule has 1 aliphatic heterocycles. The molecule has 10 aromatic carbocycles. The Labute approximate surface area is 361 Å². The highest BCUT2D eigenvalue weighted by atomic mass is 16.5. The molecule has 0 saturated heterocycles. The van der Waals surface area contributed by atoms with Crippen molar-refractivity contribution in [3.8, 4) is 33.8 Å². The van der Waals surface area contributed by atoms with Crippen molar-refractivity contribution < 1.29 is 9.15 Å². The van der Waals surface area contributed by atoms with Gasteiger partial charge < -0.3 is 14.1 Å². The van der Waals surface area contributed by atoms with Crippen LogP contribution in [-0.2, 0) is 0 Å². The SMILES string of the molecule is Cc1cc(C)cc(B(c2cccc3ccccc23)c2ccc3c4c(cccc24)Oc2cc(N(c4ccc5c(c4)oc4ccccc45)c4ccccc4-c4ccccc4)ccc2-3)c1. The minimum atomic E-state index is 0.00936. The van der Waals surface area contributed by atoms with Gasteiger partial charge in [-0.1, -0.05) is 179 Å². The molecular formula is C58H40BNO2. The van der Waals surface area contributed by atoms with Crippen LogP contribution in [0.1, 0.15) is 11.1 Å². The van der Waals surface area contributed by atoms with E-state index in [1.54, 1.807) is 0 Å². The van der Waals surface area contributed by atoms with E-state index in [4.69, 9.17) is 9.15 Å². The first-order valence-electron chi connectivity index (χ1n) is 21.4. The van der Waals surface area contributed by atoms with Crippen molar-refractivity contribution in [1.29, 1.82) is 0 Å². The van der Waals surface area contributed by atoms with Crippen LogP contribution in [0, 0.1) is 13.8 Å². The van der Waals surface area contributed by atoms with Gasteiger partial charge in [0.2, 0.25) is 6.71 Å². The minimum Gasteiger partial charge on any atom is -0.456 e. The van der Waals surface area contributed by atoms with Crippen molar-refractivity contribution in [2.45, 2.75) is 13.8 Å². The summed E-state index contributed by atoms with van der Waals surface area (Å²) in [5.74, 6) is 1.68. The lowest BCUT2D eigenvalue weighted by Crippen LogP contribution is -2.52. The molecule has 0 amide bonds. The monoisotopic (exact) mass is 793 g/mol. The molecule has 1 aromatic heterocycles. The predicted molar refractivity (Wildman–Crippen MR) is 261 cm³/mol. The zero-order chi connectivity index (χ0) is 41.3. The van der Waals surface area contributed by atoms with Crippen molar-refractivity contribution in [2.24, 2.45) is 0 Å². The fourth-order valence-corrected chi connectivity index (χ4v) is 10.0. The van der Waals surface area contributed by atoms with Gasteiger partial charge in [0.05, 0.1) is 5.69 Å². The van der Waals surface area contributed by atoms with E-state index in [-0.39, 0.29) is 6.71 Å². The number of hydrogen-bond acceptors (Lipinski definition) is 3. The van der Waals surface area contributed by atoms with E-state index in [1.807, 2.05) is 12.1 Å². The lowest BCUT2D eigenvalue weighted by Gasteiger charge is -2.30. The van der Waals surface area contributed by atoms with Gasteiger partial charge in [-0.2, -0.15) is 0 Å². The largest absolute Gasteiger partial charge is 0.456 e. The number of furan rings is 1. The number of rotatable bonds is 7. The second-order valence-electron chi connectivity index (χ2n) is 16.6. The summed E-state index contributed by atoms with van der Waals surface area (Å²) in [6, 6.07) is 74.4. The number of ether oxygens (including phenoxy) is 1. The van der Waals surface area contributed by atoms with E-state index in [1.165, 1.54) is 49.2 Å². The maximum Gasteiger partial charge on any atom is 0.242 e. The van der Waals surface area contributed by atoms with E-state index in [0.717, 1.165) is 72.6 Å². The summed E-state index contributed by atoms with van der Waals surface area (Å²) in [6.07, 6.45) is 0. The number of anilines is 3. The Morgan fingerprint density at radius 3 is 1.97 bits per heavy atom. The van der Waals surface area contributed by atoms with Gasteiger partial charge >= 0.3 is 0 Å². The second kappa shape index (κ2) is 14.4. The predicted octanol–water partition coefficient (Wildman–Crippen LogP) is 13.9. The van der Waals surface area contributed by atoms with E-state index in [2.05, 4.69) is 213 Å². The summed E-state index contributed by atoms with van der Waals surface area (Å²) in [4.78, 5) is 2.33. The van der Waals surface area contributed by atoms with E-state index in [0.29, 0.717) is 0 Å². The van der Waals surface area contributed by atoms with Crippen LogP contribution in [-0.4, -0.2) is 6.71 Å². The zero-order valence-electron chi connectivity index (χ0n) is 34.5. The van der Waals surface area contributed by atoms with Crippen LogP contribution < -0.4 is 26.0 Å². The van der Waals surface area contributed by atoms with E-state index in [9.17, 15) is 0 Å². The normalized spacial score (nSPS) is 11.8. The number of aryl methyl sites for hydroxylation is 2. The molecule has 11 aromatic rings. The van der Waals surface area contributed by atoms with E-state index < -0.39 is 0 Å². The van der Waals surface area contributed by atoms with Crippen LogP contribution >= 0.6 is 0 Å². The molecule has 2 heterocycles. The molecule has 0 fully saturated rings. The number of benzene rings is 10. The molecule has 292 valence electrons. The molecule has 12 rings (SSSR count). The zero-order valence-corrected chi connectivity index (χ0v) is 34.5. The average Bonchev–Trinajstić information content (AvgIpc) is 3.68. The van der Waals surface area contributed by atoms with Gasteiger partial charge in [0.15, 0.2) is 0 Å². The highest BCUT2D eigenvalue weighted by molar-refractivity contribution is 6.98. The standard InChI is InChI=1S/C58H40BNO2/c1-37-32-38(2)34-41(33-37)59(51-22-12-17-39-16-6-7-18-44(39)51)52-31-30-49-48-29-27-43(36-57(48)62-55-25-13-21-50(52)58(49)55)60(53-23-10-8-19-45(53)40-14-4-3-5-15-40)42-26-28-47-46-20-9-11-24-54(46)61-56(47)35-42/h3-36H,1-2H3. The maximum absolute atomic E-state index is 7.05. The summed E-state index contributed by atoms with van der Waals surface area (Å²) >= 11 is 0. The van der Waals surface area contributed by atoms with Crippen molar-refractivity contribution in [2.75, 3.05) is 4.90 Å². The minimum absolute atomic E-state index is 0.00936. The van der Waals surface area contributed by atoms with Gasteiger partial charge in [0.25, 0.3) is 0 Å². The van der Waals surface area contributed by atoms with Crippen LogP contribution in [0.15, 0.2) is 211 Å². The summed E-state index contributed by atoms with van der Waals surface area (Å²) in [7, 11) is 0. The number of nitrogens with zero attached hydrogens (tertiary/aromatic N) is 1. The first kappa shape index (κ1) is 36.1. The first-order chi connectivity index (χ1) is 30.6. The molecule has 0 spiro atoms. The maximum atomic E-state index is 7.05. The summed E-state index contributed by atoms with van der Waals surface area (Å²) in [5, 5.41) is 7.06. The fourth-order valence-electron chi connectivity index (χ4n) is 10.0. The van der Waals surface area contributed by atoms with Gasteiger partial charge in [-0.15, -0.1) is 0 Å². The van der Waals surface area contributed by atoms with Gasteiger partial charge in [-0.25, -0.2) is 0 Å². The Hall–Kier alpha value is -7.82. The van der Waals surface area contributed by atoms with Gasteiger partial charge in [-0.05, 0) is 83.6 Å². The van der Waals surface area contributed by atoms with Gasteiger partial charge in [0, 0.05) is 50.8 Å². The van der Waals surface area contributed by atoms with Crippen LogP contribution in [0.3, 0.4) is 0 Å². The average molecular weight is 794 g/mol. The Morgan fingerprint density at radius 2 is 1.08 bits per heavy atom. The molecule has 0 aliphatic carbocycles. The molecule has 0 N–H and O–H groups in total. The van der Waals surface area contributed by atoms with Crippen molar-refractivity contribution in [1.82, 2.24) is 0 Å². The topological polar surface area (TPSA) is 25.6 Å². The van der Waals surface area contributed by atoms with Crippen LogP contribution in [0.2, 0.25) is 0 Å². The highest BCUT2D eigenvalue weighted by Gasteiger charge is 2.30. The molecule has 3 nitrogen and oxygen atoms in total. The molecule has 4 heteroatoms. The summed E-state index contributed by atoms with van der Waals surface area (Å²) in [6.45, 7) is 4.41. The summed E-state index contributed by atoms with van der Waals surface area (Å²) in [5.41, 5.74) is 15.7. The van der Waals surface area contributed by atoms with Gasteiger partial charge in [0.1, 0.15) is 22.7 Å². The number of hydrogen-bond donors (Lipinski definition) is 0. The Morgan fingerprint density at radius 1 is 0.419 bits per heavy atom. The Kier molecular flexibility index (Phi) is 8.40. The van der Waals surface area contributed by atoms with Crippen LogP contribution in [0.25, 0.3) is 65.7 Å². The van der Waals surface area contributed by atoms with Crippen LogP contribution in [0.4, 0.5) is 17.1 Å².